The van der Waals surface area contributed by atoms with Crippen LogP contribution in [0.1, 0.15) is 13.3 Å². The molecular weight excluding hydrogens is 284 g/mol. The van der Waals surface area contributed by atoms with Crippen LogP contribution in [0.15, 0.2) is 47.3 Å². The normalized spacial score (nSPS) is 11.2. The molecule has 0 aliphatic rings. The number of aromatic nitrogens is 2. The zero-order chi connectivity index (χ0) is 15.0. The van der Waals surface area contributed by atoms with Gasteiger partial charge in [-0.1, -0.05) is 54.9 Å². The van der Waals surface area contributed by atoms with E-state index >= 15 is 0 Å². The summed E-state index contributed by atoms with van der Waals surface area (Å²) >= 11 is 6.59. The van der Waals surface area contributed by atoms with Gasteiger partial charge in [0.15, 0.2) is 0 Å². The highest BCUT2D eigenvalue weighted by molar-refractivity contribution is 6.37. The lowest BCUT2D eigenvalue weighted by Gasteiger charge is -2.07. The Morgan fingerprint density at radius 1 is 1.10 bits per heavy atom. The molecular formula is C17H17ClN2O. The van der Waals surface area contributed by atoms with Crippen LogP contribution in [-0.2, 0) is 13.6 Å². The summed E-state index contributed by atoms with van der Waals surface area (Å²) in [4.78, 5) is 12.3. The third-order valence-electron chi connectivity index (χ3n) is 3.77. The summed E-state index contributed by atoms with van der Waals surface area (Å²) in [5.41, 5.74) is 3.69. The standard InChI is InChI=1S/C17H17ClN2O/c1-3-11-20-14-10-9-13(12-7-5-4-6-8-12)15(18)16(14)19(2)17(20)21/h4-10H,3,11H2,1-2H3. The smallest absolute Gasteiger partial charge is 0.294 e. The third kappa shape index (κ3) is 2.18. The molecule has 3 rings (SSSR count). The van der Waals surface area contributed by atoms with E-state index in [1.165, 1.54) is 0 Å². The first kappa shape index (κ1) is 14.0. The molecule has 0 atom stereocenters. The van der Waals surface area contributed by atoms with Crippen molar-refractivity contribution in [2.75, 3.05) is 0 Å². The minimum atomic E-state index is -0.0149. The molecule has 21 heavy (non-hydrogen) atoms. The molecule has 0 spiro atoms. The highest BCUT2D eigenvalue weighted by atomic mass is 35.5. The van der Waals surface area contributed by atoms with E-state index < -0.39 is 0 Å². The number of aryl methyl sites for hydroxylation is 2. The van der Waals surface area contributed by atoms with Crippen LogP contribution in [0.25, 0.3) is 22.2 Å². The SMILES string of the molecule is CCCn1c(=O)n(C)c2c(Cl)c(-c3ccccc3)ccc21. The number of imidazole rings is 1. The Bertz CT molecular complexity index is 847. The number of nitrogens with zero attached hydrogens (tertiary/aromatic N) is 2. The predicted octanol–water partition coefficient (Wildman–Crippen LogP) is 4.07. The summed E-state index contributed by atoms with van der Waals surface area (Å²) < 4.78 is 3.43. The summed E-state index contributed by atoms with van der Waals surface area (Å²) in [6.07, 6.45) is 0.914. The minimum absolute atomic E-state index is 0.0149. The fourth-order valence-corrected chi connectivity index (χ4v) is 3.15. The van der Waals surface area contributed by atoms with Gasteiger partial charge in [0.2, 0.25) is 0 Å². The molecule has 108 valence electrons. The molecule has 2 aromatic carbocycles. The number of fused-ring (bicyclic) bond motifs is 1. The fraction of sp³-hybridized carbons (Fsp3) is 0.235. The average Bonchev–Trinajstić information content (AvgIpc) is 2.74. The van der Waals surface area contributed by atoms with E-state index in [4.69, 9.17) is 11.6 Å². The van der Waals surface area contributed by atoms with Crippen molar-refractivity contribution in [2.24, 2.45) is 7.05 Å². The van der Waals surface area contributed by atoms with Gasteiger partial charge in [-0.2, -0.15) is 0 Å². The average molecular weight is 301 g/mol. The summed E-state index contributed by atoms with van der Waals surface area (Å²) in [5.74, 6) is 0. The largest absolute Gasteiger partial charge is 0.328 e. The molecule has 0 amide bonds. The molecule has 0 radical (unpaired) electrons. The van der Waals surface area contributed by atoms with E-state index in [1.807, 2.05) is 42.5 Å². The quantitative estimate of drug-likeness (QED) is 0.716. The Morgan fingerprint density at radius 2 is 1.81 bits per heavy atom. The van der Waals surface area contributed by atoms with Crippen molar-refractivity contribution in [1.29, 1.82) is 0 Å². The topological polar surface area (TPSA) is 26.9 Å². The van der Waals surface area contributed by atoms with Crippen molar-refractivity contribution < 1.29 is 0 Å². The van der Waals surface area contributed by atoms with E-state index in [2.05, 4.69) is 6.92 Å². The number of rotatable bonds is 3. The highest BCUT2D eigenvalue weighted by Crippen LogP contribution is 2.33. The molecule has 0 fully saturated rings. The summed E-state index contributed by atoms with van der Waals surface area (Å²) in [6.45, 7) is 2.77. The minimum Gasteiger partial charge on any atom is -0.294 e. The second-order valence-corrected chi connectivity index (χ2v) is 5.53. The first-order valence-corrected chi connectivity index (χ1v) is 7.46. The summed E-state index contributed by atoms with van der Waals surface area (Å²) in [7, 11) is 1.78. The maximum Gasteiger partial charge on any atom is 0.328 e. The van der Waals surface area contributed by atoms with Gasteiger partial charge in [0, 0.05) is 19.2 Å². The van der Waals surface area contributed by atoms with Crippen LogP contribution in [-0.4, -0.2) is 9.13 Å². The molecule has 4 heteroatoms. The Labute approximate surface area is 128 Å². The van der Waals surface area contributed by atoms with Crippen molar-refractivity contribution in [3.05, 3.63) is 58.0 Å². The maximum atomic E-state index is 12.3. The Balaban J connectivity index is 2.32. The number of hydrogen-bond donors (Lipinski definition) is 0. The van der Waals surface area contributed by atoms with Crippen molar-refractivity contribution in [2.45, 2.75) is 19.9 Å². The Hall–Kier alpha value is -2.00. The second kappa shape index (κ2) is 5.41. The molecule has 0 bridgehead atoms. The van der Waals surface area contributed by atoms with Crippen LogP contribution < -0.4 is 5.69 Å². The van der Waals surface area contributed by atoms with Gasteiger partial charge in [-0.05, 0) is 18.1 Å². The highest BCUT2D eigenvalue weighted by Gasteiger charge is 2.16. The monoisotopic (exact) mass is 300 g/mol. The first-order valence-electron chi connectivity index (χ1n) is 7.08. The van der Waals surface area contributed by atoms with Crippen LogP contribution in [0.3, 0.4) is 0 Å². The summed E-state index contributed by atoms with van der Waals surface area (Å²) in [5, 5.41) is 0.633. The van der Waals surface area contributed by atoms with Gasteiger partial charge in [-0.15, -0.1) is 0 Å². The van der Waals surface area contributed by atoms with Crippen LogP contribution in [0, 0.1) is 0 Å². The molecule has 0 saturated heterocycles. The van der Waals surface area contributed by atoms with Crippen LogP contribution in [0.5, 0.6) is 0 Å². The van der Waals surface area contributed by atoms with Gasteiger partial charge >= 0.3 is 5.69 Å². The maximum absolute atomic E-state index is 12.3. The second-order valence-electron chi connectivity index (χ2n) is 5.15. The van der Waals surface area contributed by atoms with Crippen LogP contribution in [0.4, 0.5) is 0 Å². The van der Waals surface area contributed by atoms with Gasteiger partial charge in [0.05, 0.1) is 16.1 Å². The van der Waals surface area contributed by atoms with E-state index in [0.29, 0.717) is 11.6 Å². The fourth-order valence-electron chi connectivity index (χ4n) is 2.75. The number of halogens is 1. The van der Waals surface area contributed by atoms with Crippen LogP contribution >= 0.6 is 11.6 Å². The molecule has 3 aromatic rings. The van der Waals surface area contributed by atoms with Gasteiger partial charge < -0.3 is 0 Å². The lowest BCUT2D eigenvalue weighted by Crippen LogP contribution is -2.22. The first-order chi connectivity index (χ1) is 10.1. The molecule has 0 saturated carbocycles. The molecule has 0 aliphatic carbocycles. The lowest BCUT2D eigenvalue weighted by molar-refractivity contribution is 0.652. The molecule has 0 unspecified atom stereocenters. The van der Waals surface area contributed by atoms with Crippen molar-refractivity contribution >= 4 is 22.6 Å². The lowest BCUT2D eigenvalue weighted by atomic mass is 10.1. The van der Waals surface area contributed by atoms with Gasteiger partial charge in [-0.25, -0.2) is 4.79 Å². The van der Waals surface area contributed by atoms with Crippen molar-refractivity contribution in [3.8, 4) is 11.1 Å². The Morgan fingerprint density at radius 3 is 2.48 bits per heavy atom. The zero-order valence-corrected chi connectivity index (χ0v) is 12.9. The zero-order valence-electron chi connectivity index (χ0n) is 12.1. The molecule has 0 N–H and O–H groups in total. The number of hydrogen-bond acceptors (Lipinski definition) is 1. The van der Waals surface area contributed by atoms with Gasteiger partial charge in [0.25, 0.3) is 0 Å². The van der Waals surface area contributed by atoms with Crippen molar-refractivity contribution in [1.82, 2.24) is 9.13 Å². The van der Waals surface area contributed by atoms with E-state index in [9.17, 15) is 4.79 Å². The van der Waals surface area contributed by atoms with Crippen LogP contribution in [0.2, 0.25) is 5.02 Å². The molecule has 1 aromatic heterocycles. The number of benzene rings is 2. The summed E-state index contributed by atoms with van der Waals surface area (Å²) in [6, 6.07) is 14.0. The van der Waals surface area contributed by atoms with Gasteiger partial charge in [0.1, 0.15) is 0 Å². The van der Waals surface area contributed by atoms with E-state index in [0.717, 1.165) is 28.6 Å². The van der Waals surface area contributed by atoms with Gasteiger partial charge in [-0.3, -0.25) is 9.13 Å². The van der Waals surface area contributed by atoms with Crippen molar-refractivity contribution in [3.63, 3.8) is 0 Å². The predicted molar refractivity (Wildman–Crippen MR) is 87.9 cm³/mol. The van der Waals surface area contributed by atoms with E-state index in [-0.39, 0.29) is 5.69 Å². The third-order valence-corrected chi connectivity index (χ3v) is 4.15. The van der Waals surface area contributed by atoms with E-state index in [1.54, 1.807) is 16.2 Å². The Kier molecular flexibility index (Phi) is 3.60. The molecule has 1 heterocycles. The molecule has 0 aliphatic heterocycles. The molecule has 3 nitrogen and oxygen atoms in total.